The van der Waals surface area contributed by atoms with Gasteiger partial charge >= 0.3 is 0 Å². The van der Waals surface area contributed by atoms with E-state index in [1.54, 1.807) is 0 Å². The number of nitrogen functional groups attached to an aromatic ring is 1. The van der Waals surface area contributed by atoms with Gasteiger partial charge in [0.25, 0.3) is 0 Å². The molecule has 0 aliphatic heterocycles. The van der Waals surface area contributed by atoms with E-state index in [9.17, 15) is 0 Å². The Morgan fingerprint density at radius 3 is 2.69 bits per heavy atom. The van der Waals surface area contributed by atoms with Crippen LogP contribution in [0.15, 0.2) is 30.3 Å². The molecule has 0 unspecified atom stereocenters. The summed E-state index contributed by atoms with van der Waals surface area (Å²) < 4.78 is 1.93. The molecule has 1 heterocycles. The van der Waals surface area contributed by atoms with E-state index in [-0.39, 0.29) is 5.84 Å². The fourth-order valence-corrected chi connectivity index (χ4v) is 1.55. The second kappa shape index (κ2) is 2.62. The Labute approximate surface area is 76.3 Å². The van der Waals surface area contributed by atoms with Crippen LogP contribution in [-0.4, -0.2) is 10.4 Å². The van der Waals surface area contributed by atoms with Crippen molar-refractivity contribution < 1.29 is 0 Å². The zero-order valence-electron chi connectivity index (χ0n) is 7.41. The first kappa shape index (κ1) is 7.86. The van der Waals surface area contributed by atoms with E-state index in [0.29, 0.717) is 0 Å². The first-order chi connectivity index (χ1) is 6.20. The summed E-state index contributed by atoms with van der Waals surface area (Å²) in [4.78, 5) is 0. The molecule has 0 bridgehead atoms. The molecule has 0 spiro atoms. The van der Waals surface area contributed by atoms with E-state index < -0.39 is 0 Å². The summed E-state index contributed by atoms with van der Waals surface area (Å²) in [5, 5.41) is 8.49. The molecule has 0 saturated heterocycles. The van der Waals surface area contributed by atoms with Crippen molar-refractivity contribution in [2.45, 2.75) is 0 Å². The minimum absolute atomic E-state index is 0.110. The summed E-state index contributed by atoms with van der Waals surface area (Å²) in [6, 6.07) is 9.92. The molecule has 0 fully saturated rings. The lowest BCUT2D eigenvalue weighted by molar-refractivity contribution is 0.949. The average Bonchev–Trinajstić information content (AvgIpc) is 2.45. The zero-order valence-corrected chi connectivity index (χ0v) is 7.41. The fourth-order valence-electron chi connectivity index (χ4n) is 1.55. The number of hydrogen-bond donors (Lipinski definition) is 2. The van der Waals surface area contributed by atoms with Crippen LogP contribution in [-0.2, 0) is 7.05 Å². The second-order valence-electron chi connectivity index (χ2n) is 3.06. The lowest BCUT2D eigenvalue weighted by atomic mass is 10.2. The fraction of sp³-hybridized carbons (Fsp3) is 0.100. The Morgan fingerprint density at radius 1 is 1.38 bits per heavy atom. The van der Waals surface area contributed by atoms with Crippen molar-refractivity contribution in [3.63, 3.8) is 0 Å². The van der Waals surface area contributed by atoms with Crippen LogP contribution in [0.1, 0.15) is 5.69 Å². The number of hydrogen-bond acceptors (Lipinski definition) is 1. The molecule has 3 N–H and O–H groups in total. The molecule has 1 aromatic heterocycles. The van der Waals surface area contributed by atoms with Crippen molar-refractivity contribution in [3.8, 4) is 0 Å². The van der Waals surface area contributed by atoms with Crippen molar-refractivity contribution in [1.29, 1.82) is 5.41 Å². The molecule has 0 radical (unpaired) electrons. The minimum atomic E-state index is 0.110. The molecule has 3 heteroatoms. The van der Waals surface area contributed by atoms with Gasteiger partial charge in [-0.15, -0.1) is 0 Å². The minimum Gasteiger partial charge on any atom is -0.382 e. The second-order valence-corrected chi connectivity index (χ2v) is 3.06. The molecular formula is C10H11N3. The van der Waals surface area contributed by atoms with E-state index in [1.807, 2.05) is 41.9 Å². The molecule has 0 amide bonds. The third-order valence-electron chi connectivity index (χ3n) is 2.23. The van der Waals surface area contributed by atoms with Crippen LogP contribution < -0.4 is 5.73 Å². The van der Waals surface area contributed by atoms with Gasteiger partial charge in [0.05, 0.1) is 5.69 Å². The maximum Gasteiger partial charge on any atom is 0.139 e. The summed E-state index contributed by atoms with van der Waals surface area (Å²) in [5.41, 5.74) is 7.31. The van der Waals surface area contributed by atoms with Gasteiger partial charge in [0.2, 0.25) is 0 Å². The molecule has 13 heavy (non-hydrogen) atoms. The van der Waals surface area contributed by atoms with Gasteiger partial charge in [-0.25, -0.2) is 0 Å². The number of aryl methyl sites for hydroxylation is 1. The molecule has 0 atom stereocenters. The molecule has 0 aliphatic carbocycles. The van der Waals surface area contributed by atoms with Crippen LogP contribution in [0, 0.1) is 5.41 Å². The lowest BCUT2D eigenvalue weighted by Gasteiger charge is -2.00. The molecule has 0 saturated carbocycles. The van der Waals surface area contributed by atoms with Crippen molar-refractivity contribution in [2.75, 3.05) is 0 Å². The quantitative estimate of drug-likeness (QED) is 0.498. The van der Waals surface area contributed by atoms with Crippen LogP contribution in [0.2, 0.25) is 0 Å². The highest BCUT2D eigenvalue weighted by Gasteiger charge is 2.05. The number of para-hydroxylation sites is 1. The van der Waals surface area contributed by atoms with E-state index in [0.717, 1.165) is 16.6 Å². The van der Waals surface area contributed by atoms with Gasteiger partial charge < -0.3 is 10.3 Å². The standard InChI is InChI=1S/C10H11N3/c1-13-8-5-3-2-4-7(8)6-9(13)10(11)12/h2-6H,1H3,(H3,11,12). The smallest absolute Gasteiger partial charge is 0.139 e. The first-order valence-electron chi connectivity index (χ1n) is 4.09. The summed E-state index contributed by atoms with van der Waals surface area (Å²) in [6.07, 6.45) is 0. The number of nitrogens with zero attached hydrogens (tertiary/aromatic N) is 1. The first-order valence-corrected chi connectivity index (χ1v) is 4.09. The highest BCUT2D eigenvalue weighted by atomic mass is 15.0. The Balaban J connectivity index is 2.81. The summed E-state index contributed by atoms with van der Waals surface area (Å²) >= 11 is 0. The predicted octanol–water partition coefficient (Wildman–Crippen LogP) is 1.46. The number of amidine groups is 1. The number of nitrogens with one attached hydrogen (secondary N) is 1. The number of benzene rings is 1. The van der Waals surface area contributed by atoms with Gasteiger partial charge in [-0.3, -0.25) is 5.41 Å². The summed E-state index contributed by atoms with van der Waals surface area (Å²) in [6.45, 7) is 0. The molecule has 3 nitrogen and oxygen atoms in total. The summed E-state index contributed by atoms with van der Waals surface area (Å²) in [5.74, 6) is 0.110. The van der Waals surface area contributed by atoms with E-state index >= 15 is 0 Å². The Bertz CT molecular complexity index is 468. The maximum atomic E-state index is 7.37. The van der Waals surface area contributed by atoms with Gasteiger partial charge in [-0.2, -0.15) is 0 Å². The largest absolute Gasteiger partial charge is 0.382 e. The van der Waals surface area contributed by atoms with Crippen molar-refractivity contribution in [1.82, 2.24) is 4.57 Å². The van der Waals surface area contributed by atoms with Gasteiger partial charge in [0, 0.05) is 18.0 Å². The molecule has 1 aromatic carbocycles. The van der Waals surface area contributed by atoms with Crippen LogP contribution in [0.25, 0.3) is 10.9 Å². The topological polar surface area (TPSA) is 54.8 Å². The van der Waals surface area contributed by atoms with Gasteiger partial charge in [-0.05, 0) is 12.1 Å². The zero-order chi connectivity index (χ0) is 9.42. The molecule has 2 aromatic rings. The van der Waals surface area contributed by atoms with E-state index in [1.165, 1.54) is 0 Å². The lowest BCUT2D eigenvalue weighted by Crippen LogP contribution is -2.14. The van der Waals surface area contributed by atoms with Crippen LogP contribution in [0.3, 0.4) is 0 Å². The van der Waals surface area contributed by atoms with Crippen molar-refractivity contribution in [3.05, 3.63) is 36.0 Å². The monoisotopic (exact) mass is 173 g/mol. The van der Waals surface area contributed by atoms with E-state index in [2.05, 4.69) is 0 Å². The maximum absolute atomic E-state index is 7.37. The van der Waals surface area contributed by atoms with Gasteiger partial charge in [0.15, 0.2) is 0 Å². The van der Waals surface area contributed by atoms with Crippen LogP contribution in [0.5, 0.6) is 0 Å². The van der Waals surface area contributed by atoms with Gasteiger partial charge in [0.1, 0.15) is 5.84 Å². The third kappa shape index (κ3) is 1.09. The molecular weight excluding hydrogens is 162 g/mol. The molecule has 0 aliphatic rings. The van der Waals surface area contributed by atoms with E-state index in [4.69, 9.17) is 11.1 Å². The Morgan fingerprint density at radius 2 is 2.08 bits per heavy atom. The number of fused-ring (bicyclic) bond motifs is 1. The Kier molecular flexibility index (Phi) is 1.59. The number of rotatable bonds is 1. The molecule has 2 rings (SSSR count). The Hall–Kier alpha value is -1.77. The van der Waals surface area contributed by atoms with Crippen molar-refractivity contribution >= 4 is 16.7 Å². The molecule has 66 valence electrons. The van der Waals surface area contributed by atoms with Gasteiger partial charge in [-0.1, -0.05) is 18.2 Å². The van der Waals surface area contributed by atoms with Crippen molar-refractivity contribution in [2.24, 2.45) is 12.8 Å². The summed E-state index contributed by atoms with van der Waals surface area (Å²) in [7, 11) is 1.92. The normalized spacial score (nSPS) is 10.5. The van der Waals surface area contributed by atoms with Crippen LogP contribution >= 0.6 is 0 Å². The number of nitrogens with two attached hydrogens (primary N) is 1. The predicted molar refractivity (Wildman–Crippen MR) is 53.9 cm³/mol. The highest BCUT2D eigenvalue weighted by Crippen LogP contribution is 2.17. The highest BCUT2D eigenvalue weighted by molar-refractivity contribution is 5.99. The van der Waals surface area contributed by atoms with Crippen LogP contribution in [0.4, 0.5) is 0 Å². The number of aromatic nitrogens is 1. The average molecular weight is 173 g/mol. The third-order valence-corrected chi connectivity index (χ3v) is 2.23. The SMILES string of the molecule is Cn1c(C(=N)N)cc2ccccc21.